The van der Waals surface area contributed by atoms with Gasteiger partial charge in [0.1, 0.15) is 5.78 Å². The molecule has 1 aromatic rings. The van der Waals surface area contributed by atoms with Crippen molar-refractivity contribution in [2.24, 2.45) is 0 Å². The normalized spacial score (nSPS) is 8.71. The standard InChI is InChI=1S/C9H11NO2.C2H4/c1-7-3-4-9(12)10(5-7)6-8(2)11;1-2/h3-5H,6H2,1-2H3;1-2H2. The van der Waals surface area contributed by atoms with E-state index in [-0.39, 0.29) is 17.9 Å². The molecule has 0 N–H and O–H groups in total. The number of rotatable bonds is 2. The highest BCUT2D eigenvalue weighted by molar-refractivity contribution is 5.75. The molecule has 0 aliphatic rings. The van der Waals surface area contributed by atoms with Crippen LogP contribution in [0.3, 0.4) is 0 Å². The fourth-order valence-electron chi connectivity index (χ4n) is 1.01. The molecule has 0 aromatic carbocycles. The molecule has 0 fully saturated rings. The van der Waals surface area contributed by atoms with Crippen molar-refractivity contribution in [3.63, 3.8) is 0 Å². The monoisotopic (exact) mass is 193 g/mol. The predicted octanol–water partition coefficient (Wildman–Crippen LogP) is 1.55. The third-order valence-electron chi connectivity index (χ3n) is 1.52. The topological polar surface area (TPSA) is 39.1 Å². The number of ketones is 1. The minimum Gasteiger partial charge on any atom is -0.308 e. The summed E-state index contributed by atoms with van der Waals surface area (Å²) >= 11 is 0. The van der Waals surface area contributed by atoms with Gasteiger partial charge in [-0.15, -0.1) is 13.2 Å². The van der Waals surface area contributed by atoms with Crippen molar-refractivity contribution < 1.29 is 4.79 Å². The van der Waals surface area contributed by atoms with Crippen molar-refractivity contribution in [3.8, 4) is 0 Å². The fraction of sp³-hybridized carbons (Fsp3) is 0.273. The highest BCUT2D eigenvalue weighted by Crippen LogP contribution is 1.91. The third-order valence-corrected chi connectivity index (χ3v) is 1.52. The molecule has 1 aromatic heterocycles. The largest absolute Gasteiger partial charge is 0.308 e. The smallest absolute Gasteiger partial charge is 0.250 e. The molecule has 0 unspecified atom stereocenters. The van der Waals surface area contributed by atoms with E-state index in [9.17, 15) is 9.59 Å². The molecule has 76 valence electrons. The van der Waals surface area contributed by atoms with E-state index in [2.05, 4.69) is 13.2 Å². The van der Waals surface area contributed by atoms with E-state index in [0.717, 1.165) is 5.56 Å². The van der Waals surface area contributed by atoms with Crippen LogP contribution in [0.15, 0.2) is 36.3 Å². The second-order valence-electron chi connectivity index (χ2n) is 2.87. The van der Waals surface area contributed by atoms with Gasteiger partial charge >= 0.3 is 0 Å². The summed E-state index contributed by atoms with van der Waals surface area (Å²) in [7, 11) is 0. The van der Waals surface area contributed by atoms with Crippen molar-refractivity contribution in [3.05, 3.63) is 47.4 Å². The molecule has 0 atom stereocenters. The summed E-state index contributed by atoms with van der Waals surface area (Å²) in [5.41, 5.74) is 0.853. The summed E-state index contributed by atoms with van der Waals surface area (Å²) in [6, 6.07) is 3.21. The van der Waals surface area contributed by atoms with Gasteiger partial charge in [0.05, 0.1) is 6.54 Å². The van der Waals surface area contributed by atoms with Gasteiger partial charge in [-0.3, -0.25) is 9.59 Å². The minimum atomic E-state index is -0.129. The molecule has 14 heavy (non-hydrogen) atoms. The number of Topliss-reactive ketones (excluding diaryl/α,β-unsaturated/α-hetero) is 1. The number of aromatic nitrogens is 1. The summed E-state index contributed by atoms with van der Waals surface area (Å²) in [5.74, 6) is -0.0114. The van der Waals surface area contributed by atoms with E-state index in [1.165, 1.54) is 17.6 Å². The number of nitrogens with zero attached hydrogens (tertiary/aromatic N) is 1. The second kappa shape index (κ2) is 5.91. The number of hydrogen-bond donors (Lipinski definition) is 0. The molecule has 0 saturated carbocycles. The molecular weight excluding hydrogens is 178 g/mol. The van der Waals surface area contributed by atoms with Crippen molar-refractivity contribution in [2.75, 3.05) is 0 Å². The Morgan fingerprint density at radius 3 is 2.50 bits per heavy atom. The van der Waals surface area contributed by atoms with Gasteiger partial charge in [0.25, 0.3) is 5.56 Å². The second-order valence-corrected chi connectivity index (χ2v) is 2.87. The van der Waals surface area contributed by atoms with E-state index >= 15 is 0 Å². The van der Waals surface area contributed by atoms with Crippen LogP contribution in [-0.2, 0) is 11.3 Å². The lowest BCUT2D eigenvalue weighted by Crippen LogP contribution is -2.21. The molecule has 3 nitrogen and oxygen atoms in total. The molecule has 0 amide bonds. The molecule has 0 spiro atoms. The molecule has 0 aliphatic heterocycles. The van der Waals surface area contributed by atoms with Crippen LogP contribution in [0.5, 0.6) is 0 Å². The van der Waals surface area contributed by atoms with E-state index in [0.29, 0.717) is 0 Å². The maximum Gasteiger partial charge on any atom is 0.250 e. The van der Waals surface area contributed by atoms with Crippen molar-refractivity contribution >= 4 is 5.78 Å². The Labute approximate surface area is 83.7 Å². The van der Waals surface area contributed by atoms with Gasteiger partial charge in [-0.05, 0) is 19.4 Å². The lowest BCUT2D eigenvalue weighted by molar-refractivity contribution is -0.117. The van der Waals surface area contributed by atoms with Crippen molar-refractivity contribution in [2.45, 2.75) is 20.4 Å². The first-order valence-corrected chi connectivity index (χ1v) is 4.26. The van der Waals surface area contributed by atoms with Gasteiger partial charge < -0.3 is 4.57 Å². The highest BCUT2D eigenvalue weighted by atomic mass is 16.1. The lowest BCUT2D eigenvalue weighted by atomic mass is 10.3. The average Bonchev–Trinajstić information content (AvgIpc) is 2.14. The van der Waals surface area contributed by atoms with Crippen LogP contribution >= 0.6 is 0 Å². The van der Waals surface area contributed by atoms with Crippen LogP contribution in [0.2, 0.25) is 0 Å². The van der Waals surface area contributed by atoms with Gasteiger partial charge in [-0.2, -0.15) is 0 Å². The van der Waals surface area contributed by atoms with Gasteiger partial charge in [0.2, 0.25) is 0 Å². The molecular formula is C11H15NO2. The predicted molar refractivity (Wildman–Crippen MR) is 57.4 cm³/mol. The van der Waals surface area contributed by atoms with Crippen LogP contribution in [0.1, 0.15) is 12.5 Å². The maximum atomic E-state index is 11.1. The summed E-state index contributed by atoms with van der Waals surface area (Å²) in [6.45, 7) is 9.52. The molecule has 1 rings (SSSR count). The fourth-order valence-corrected chi connectivity index (χ4v) is 1.01. The summed E-state index contributed by atoms with van der Waals surface area (Å²) in [4.78, 5) is 21.8. The molecule has 0 radical (unpaired) electrons. The molecule has 0 saturated heterocycles. The average molecular weight is 193 g/mol. The number of pyridine rings is 1. The Morgan fingerprint density at radius 1 is 1.43 bits per heavy atom. The zero-order valence-corrected chi connectivity index (χ0v) is 8.62. The molecule has 3 heteroatoms. The van der Waals surface area contributed by atoms with Crippen LogP contribution in [0, 0.1) is 6.92 Å². The Balaban J connectivity index is 0.000000791. The minimum absolute atomic E-state index is 0.0114. The van der Waals surface area contributed by atoms with E-state index < -0.39 is 0 Å². The van der Waals surface area contributed by atoms with Crippen molar-refractivity contribution in [1.29, 1.82) is 0 Å². The zero-order valence-electron chi connectivity index (χ0n) is 8.62. The SMILES string of the molecule is C=C.CC(=O)Cn1cc(C)ccc1=O. The number of aryl methyl sites for hydroxylation is 1. The third kappa shape index (κ3) is 3.85. The molecule has 1 heterocycles. The number of carbonyl (C=O) groups excluding carboxylic acids is 1. The van der Waals surface area contributed by atoms with E-state index in [1.54, 1.807) is 12.3 Å². The van der Waals surface area contributed by atoms with Gasteiger partial charge in [0.15, 0.2) is 0 Å². The first kappa shape index (κ1) is 12.4. The highest BCUT2D eigenvalue weighted by Gasteiger charge is 1.98. The molecule has 0 bridgehead atoms. The first-order chi connectivity index (χ1) is 6.59. The summed E-state index contributed by atoms with van der Waals surface area (Å²) in [5, 5.41) is 0. The van der Waals surface area contributed by atoms with E-state index in [4.69, 9.17) is 0 Å². The lowest BCUT2D eigenvalue weighted by Gasteiger charge is -2.02. The zero-order chi connectivity index (χ0) is 11.1. The summed E-state index contributed by atoms with van der Waals surface area (Å²) in [6.07, 6.45) is 1.68. The Hall–Kier alpha value is -1.64. The Morgan fingerprint density at radius 2 is 2.00 bits per heavy atom. The quantitative estimate of drug-likeness (QED) is 0.668. The maximum absolute atomic E-state index is 11.1. The van der Waals surface area contributed by atoms with Gasteiger partial charge in [-0.1, -0.05) is 6.07 Å². The van der Waals surface area contributed by atoms with Crippen molar-refractivity contribution in [1.82, 2.24) is 4.57 Å². The first-order valence-electron chi connectivity index (χ1n) is 4.26. The summed E-state index contributed by atoms with van der Waals surface area (Å²) < 4.78 is 1.41. The Bertz CT molecular complexity index is 366. The van der Waals surface area contributed by atoms with Gasteiger partial charge in [-0.25, -0.2) is 0 Å². The number of hydrogen-bond acceptors (Lipinski definition) is 2. The van der Waals surface area contributed by atoms with Crippen LogP contribution < -0.4 is 5.56 Å². The number of carbonyl (C=O) groups is 1. The molecule has 0 aliphatic carbocycles. The van der Waals surface area contributed by atoms with Crippen LogP contribution in [-0.4, -0.2) is 10.4 Å². The van der Waals surface area contributed by atoms with Crippen LogP contribution in [0.25, 0.3) is 0 Å². The van der Waals surface area contributed by atoms with Crippen LogP contribution in [0.4, 0.5) is 0 Å². The Kier molecular flexibility index (Phi) is 5.22. The van der Waals surface area contributed by atoms with Gasteiger partial charge in [0, 0.05) is 12.3 Å². The van der Waals surface area contributed by atoms with E-state index in [1.807, 2.05) is 6.92 Å².